The van der Waals surface area contributed by atoms with E-state index in [0.717, 1.165) is 16.5 Å². The quantitative estimate of drug-likeness (QED) is 0.468. The SMILES string of the molecule is O=C(O)COc1ccc(/C=N/NC(=O)c2n[nH]c3ccccc23)cc1. The number of nitrogens with one attached hydrogen (secondary N) is 2. The van der Waals surface area contributed by atoms with Gasteiger partial charge in [0.2, 0.25) is 0 Å². The summed E-state index contributed by atoms with van der Waals surface area (Å²) in [7, 11) is 0. The van der Waals surface area contributed by atoms with Gasteiger partial charge in [0.15, 0.2) is 12.3 Å². The molecule has 0 unspecified atom stereocenters. The Morgan fingerprint density at radius 2 is 1.96 bits per heavy atom. The third kappa shape index (κ3) is 3.99. The number of aromatic amines is 1. The molecule has 0 saturated carbocycles. The Balaban J connectivity index is 1.61. The normalized spacial score (nSPS) is 10.9. The van der Waals surface area contributed by atoms with Crippen molar-refractivity contribution in [2.24, 2.45) is 5.10 Å². The predicted octanol–water partition coefficient (Wildman–Crippen LogP) is 1.79. The monoisotopic (exact) mass is 338 g/mol. The Morgan fingerprint density at radius 1 is 1.20 bits per heavy atom. The van der Waals surface area contributed by atoms with Crippen molar-refractivity contribution in [2.45, 2.75) is 0 Å². The highest BCUT2D eigenvalue weighted by molar-refractivity contribution is 6.04. The Bertz CT molecular complexity index is 931. The van der Waals surface area contributed by atoms with Crippen molar-refractivity contribution in [3.8, 4) is 5.75 Å². The Morgan fingerprint density at radius 3 is 2.72 bits per heavy atom. The van der Waals surface area contributed by atoms with Crippen LogP contribution in [0.15, 0.2) is 53.6 Å². The van der Waals surface area contributed by atoms with Crippen molar-refractivity contribution in [1.82, 2.24) is 15.6 Å². The van der Waals surface area contributed by atoms with Crippen LogP contribution in [0.5, 0.6) is 5.75 Å². The second-order valence-corrected chi connectivity index (χ2v) is 5.07. The van der Waals surface area contributed by atoms with Crippen LogP contribution < -0.4 is 10.2 Å². The van der Waals surface area contributed by atoms with E-state index in [-0.39, 0.29) is 5.69 Å². The molecule has 3 rings (SSSR count). The number of carboxylic acids is 1. The number of carbonyl (C=O) groups is 2. The molecule has 0 aliphatic heterocycles. The van der Waals surface area contributed by atoms with Gasteiger partial charge in [-0.2, -0.15) is 10.2 Å². The van der Waals surface area contributed by atoms with Gasteiger partial charge in [-0.25, -0.2) is 10.2 Å². The van der Waals surface area contributed by atoms with Crippen molar-refractivity contribution < 1.29 is 19.4 Å². The molecule has 0 fully saturated rings. The van der Waals surface area contributed by atoms with E-state index in [2.05, 4.69) is 20.7 Å². The first-order valence-corrected chi connectivity index (χ1v) is 7.34. The minimum Gasteiger partial charge on any atom is -0.482 e. The van der Waals surface area contributed by atoms with E-state index in [1.165, 1.54) is 6.21 Å². The van der Waals surface area contributed by atoms with Crippen LogP contribution in [0.3, 0.4) is 0 Å². The molecular weight excluding hydrogens is 324 g/mol. The first-order chi connectivity index (χ1) is 12.1. The van der Waals surface area contributed by atoms with Gasteiger partial charge in [0.05, 0.1) is 11.7 Å². The zero-order valence-corrected chi connectivity index (χ0v) is 13.0. The number of hydrazone groups is 1. The van der Waals surface area contributed by atoms with E-state index < -0.39 is 18.5 Å². The van der Waals surface area contributed by atoms with Crippen LogP contribution in [0.2, 0.25) is 0 Å². The number of ether oxygens (including phenoxy) is 1. The summed E-state index contributed by atoms with van der Waals surface area (Å²) in [5.74, 6) is -1.03. The summed E-state index contributed by atoms with van der Waals surface area (Å²) in [6.07, 6.45) is 1.47. The van der Waals surface area contributed by atoms with Gasteiger partial charge in [-0.3, -0.25) is 9.89 Å². The number of benzene rings is 2. The fourth-order valence-corrected chi connectivity index (χ4v) is 2.15. The van der Waals surface area contributed by atoms with Gasteiger partial charge in [0.1, 0.15) is 5.75 Å². The van der Waals surface area contributed by atoms with E-state index in [1.54, 1.807) is 30.3 Å². The maximum absolute atomic E-state index is 12.1. The molecule has 126 valence electrons. The number of hydrogen-bond acceptors (Lipinski definition) is 5. The summed E-state index contributed by atoms with van der Waals surface area (Å²) in [6.45, 7) is -0.402. The lowest BCUT2D eigenvalue weighted by molar-refractivity contribution is -0.139. The smallest absolute Gasteiger partial charge is 0.341 e. The number of hydrogen-bond donors (Lipinski definition) is 3. The minimum absolute atomic E-state index is 0.269. The van der Waals surface area contributed by atoms with E-state index in [0.29, 0.717) is 5.75 Å². The molecule has 8 heteroatoms. The summed E-state index contributed by atoms with van der Waals surface area (Å²) in [5.41, 5.74) is 4.18. The molecule has 0 saturated heterocycles. The zero-order chi connectivity index (χ0) is 17.6. The van der Waals surface area contributed by atoms with Crippen molar-refractivity contribution in [2.75, 3.05) is 6.61 Å². The third-order valence-electron chi connectivity index (χ3n) is 3.31. The number of carboxylic acid groups (broad SMARTS) is 1. The van der Waals surface area contributed by atoms with Gasteiger partial charge in [-0.15, -0.1) is 0 Å². The summed E-state index contributed by atoms with van der Waals surface area (Å²) in [6, 6.07) is 13.9. The van der Waals surface area contributed by atoms with Crippen LogP contribution in [0, 0.1) is 0 Å². The number of para-hydroxylation sites is 1. The molecule has 0 radical (unpaired) electrons. The molecule has 0 spiro atoms. The molecule has 1 heterocycles. The van der Waals surface area contributed by atoms with Crippen LogP contribution in [0.25, 0.3) is 10.9 Å². The molecule has 0 aliphatic carbocycles. The highest BCUT2D eigenvalue weighted by Gasteiger charge is 2.12. The van der Waals surface area contributed by atoms with Crippen molar-refractivity contribution in [3.05, 3.63) is 59.8 Å². The molecule has 0 aliphatic rings. The van der Waals surface area contributed by atoms with Gasteiger partial charge in [-0.05, 0) is 35.9 Å². The summed E-state index contributed by atoms with van der Waals surface area (Å²) in [4.78, 5) is 22.6. The summed E-state index contributed by atoms with van der Waals surface area (Å²) >= 11 is 0. The van der Waals surface area contributed by atoms with E-state index in [1.807, 2.05) is 18.2 Å². The molecule has 1 aromatic heterocycles. The average molecular weight is 338 g/mol. The van der Waals surface area contributed by atoms with Crippen molar-refractivity contribution >= 4 is 29.0 Å². The molecule has 2 aromatic carbocycles. The number of H-pyrrole nitrogens is 1. The van der Waals surface area contributed by atoms with Crippen LogP contribution >= 0.6 is 0 Å². The van der Waals surface area contributed by atoms with Crippen LogP contribution in [-0.4, -0.2) is 40.0 Å². The Kier molecular flexibility index (Phi) is 4.70. The number of aliphatic carboxylic acids is 1. The zero-order valence-electron chi connectivity index (χ0n) is 13.0. The number of aromatic nitrogens is 2. The van der Waals surface area contributed by atoms with E-state index >= 15 is 0 Å². The first kappa shape index (κ1) is 16.2. The van der Waals surface area contributed by atoms with E-state index in [4.69, 9.17) is 9.84 Å². The molecular formula is C17H14N4O4. The lowest BCUT2D eigenvalue weighted by atomic mass is 10.2. The standard InChI is InChI=1S/C17H14N4O4/c22-15(23)10-25-12-7-5-11(6-8-12)9-18-21-17(24)16-13-3-1-2-4-14(13)19-20-16/h1-9H,10H2,(H,19,20)(H,21,24)(H,22,23)/b18-9+. The van der Waals surface area contributed by atoms with Crippen LogP contribution in [0.4, 0.5) is 0 Å². The summed E-state index contributed by atoms with van der Waals surface area (Å²) in [5, 5.41) is 19.9. The number of fused-ring (bicyclic) bond motifs is 1. The molecule has 1 amide bonds. The lowest BCUT2D eigenvalue weighted by Crippen LogP contribution is -2.18. The van der Waals surface area contributed by atoms with E-state index in [9.17, 15) is 9.59 Å². The van der Waals surface area contributed by atoms with Crippen molar-refractivity contribution in [3.63, 3.8) is 0 Å². The Labute approximate surface area is 142 Å². The Hall–Kier alpha value is -3.68. The highest BCUT2D eigenvalue weighted by Crippen LogP contribution is 2.14. The molecule has 3 N–H and O–H groups in total. The number of nitrogens with zero attached hydrogens (tertiary/aromatic N) is 2. The van der Waals surface area contributed by atoms with Crippen LogP contribution in [0.1, 0.15) is 16.1 Å². The maximum Gasteiger partial charge on any atom is 0.341 e. The largest absolute Gasteiger partial charge is 0.482 e. The second-order valence-electron chi connectivity index (χ2n) is 5.07. The molecule has 8 nitrogen and oxygen atoms in total. The highest BCUT2D eigenvalue weighted by atomic mass is 16.5. The van der Waals surface area contributed by atoms with Gasteiger partial charge >= 0.3 is 5.97 Å². The maximum atomic E-state index is 12.1. The van der Waals surface area contributed by atoms with Gasteiger partial charge in [0, 0.05) is 5.39 Å². The predicted molar refractivity (Wildman–Crippen MR) is 90.7 cm³/mol. The fraction of sp³-hybridized carbons (Fsp3) is 0.0588. The topological polar surface area (TPSA) is 117 Å². The number of carbonyl (C=O) groups excluding carboxylic acids is 1. The number of rotatable bonds is 6. The second kappa shape index (κ2) is 7.26. The third-order valence-corrected chi connectivity index (χ3v) is 3.31. The first-order valence-electron chi connectivity index (χ1n) is 7.34. The van der Waals surface area contributed by atoms with Gasteiger partial charge < -0.3 is 9.84 Å². The fourth-order valence-electron chi connectivity index (χ4n) is 2.15. The van der Waals surface area contributed by atoms with Gasteiger partial charge in [-0.1, -0.05) is 18.2 Å². The average Bonchev–Trinajstić information content (AvgIpc) is 3.05. The van der Waals surface area contributed by atoms with Gasteiger partial charge in [0.25, 0.3) is 5.91 Å². The molecule has 25 heavy (non-hydrogen) atoms. The number of amides is 1. The van der Waals surface area contributed by atoms with Crippen LogP contribution in [-0.2, 0) is 4.79 Å². The van der Waals surface area contributed by atoms with Crippen molar-refractivity contribution in [1.29, 1.82) is 0 Å². The lowest BCUT2D eigenvalue weighted by Gasteiger charge is -2.02. The molecule has 3 aromatic rings. The molecule has 0 atom stereocenters. The summed E-state index contributed by atoms with van der Waals surface area (Å²) < 4.78 is 5.03. The minimum atomic E-state index is -1.04. The molecule has 0 bridgehead atoms.